The number of methoxy groups -OCH3 is 1. The summed E-state index contributed by atoms with van der Waals surface area (Å²) in [7, 11) is 1.54. The van der Waals surface area contributed by atoms with Crippen LogP contribution in [0.2, 0.25) is 10.0 Å². The molecule has 8 rings (SSSR count). The van der Waals surface area contributed by atoms with Gasteiger partial charge in [-0.2, -0.15) is 5.01 Å². The van der Waals surface area contributed by atoms with Gasteiger partial charge in [0.2, 0.25) is 11.8 Å². The lowest BCUT2D eigenvalue weighted by molar-refractivity contribution is -0.141. The molecule has 0 spiro atoms. The van der Waals surface area contributed by atoms with Gasteiger partial charge in [0.1, 0.15) is 23.9 Å². The van der Waals surface area contributed by atoms with Crippen molar-refractivity contribution in [3.8, 4) is 17.2 Å². The molecule has 4 amide bonds. The van der Waals surface area contributed by atoms with Gasteiger partial charge >= 0.3 is 0 Å². The molecule has 4 aromatic carbocycles. The number of allylic oxidation sites excluding steroid dienone is 2. The van der Waals surface area contributed by atoms with Gasteiger partial charge in [-0.1, -0.05) is 77.3 Å². The van der Waals surface area contributed by atoms with Gasteiger partial charge in [-0.3, -0.25) is 29.5 Å². The van der Waals surface area contributed by atoms with E-state index in [-0.39, 0.29) is 55.2 Å². The summed E-state index contributed by atoms with van der Waals surface area (Å²) in [5.74, 6) is -4.35. The van der Waals surface area contributed by atoms with Crippen LogP contribution < -0.4 is 14.9 Å². The number of rotatable bonds is 11. The highest BCUT2D eigenvalue weighted by molar-refractivity contribution is 6.36. The number of hydrogen-bond acceptors (Lipinski definition) is 9. The second-order valence-corrected chi connectivity index (χ2v) is 15.4. The molecule has 1 saturated carbocycles. The summed E-state index contributed by atoms with van der Waals surface area (Å²) in [6.45, 7) is -0.114. The van der Waals surface area contributed by atoms with E-state index in [2.05, 4.69) is 5.43 Å². The fraction of sp³-hybridized carbons (Fsp3) is 0.302. The zero-order valence-electron chi connectivity index (χ0n) is 30.4. The average Bonchev–Trinajstić information content (AvgIpc) is 3.58. The number of carbonyl (C=O) groups is 4. The van der Waals surface area contributed by atoms with Gasteiger partial charge in [0.15, 0.2) is 0 Å². The maximum absolute atomic E-state index is 15.5. The predicted octanol–water partition coefficient (Wildman–Crippen LogP) is 6.31. The third kappa shape index (κ3) is 6.09. The largest absolute Gasteiger partial charge is 0.508 e. The average molecular weight is 797 g/mol. The Morgan fingerprint density at radius 1 is 0.893 bits per heavy atom. The minimum absolute atomic E-state index is 0.0194. The first-order valence-electron chi connectivity index (χ1n) is 18.5. The summed E-state index contributed by atoms with van der Waals surface area (Å²) in [6.07, 6.45) is 2.77. The number of carbonyl (C=O) groups excluding carboxylic acids is 4. The zero-order chi connectivity index (χ0) is 39.3. The Morgan fingerprint density at radius 3 is 2.36 bits per heavy atom. The molecule has 2 heterocycles. The van der Waals surface area contributed by atoms with Crippen molar-refractivity contribution in [3.63, 3.8) is 0 Å². The number of nitrogens with one attached hydrogen (secondary N) is 1. The molecule has 6 atom stereocenters. The number of ether oxygens (including phenoxy) is 2. The lowest BCUT2D eigenvalue weighted by atomic mass is 9.49. The summed E-state index contributed by atoms with van der Waals surface area (Å²) in [6, 6.07) is 25.7. The minimum atomic E-state index is -1.56. The molecule has 3 fully saturated rings. The van der Waals surface area contributed by atoms with Gasteiger partial charge in [-0.05, 0) is 84.8 Å². The quantitative estimate of drug-likeness (QED) is 0.118. The molecule has 3 N–H and O–H groups in total. The zero-order valence-corrected chi connectivity index (χ0v) is 31.9. The van der Waals surface area contributed by atoms with E-state index in [9.17, 15) is 19.8 Å². The van der Waals surface area contributed by atoms with Crippen molar-refractivity contribution in [2.45, 2.75) is 30.6 Å². The van der Waals surface area contributed by atoms with Crippen molar-refractivity contribution in [1.29, 1.82) is 0 Å². The van der Waals surface area contributed by atoms with E-state index in [4.69, 9.17) is 32.7 Å². The number of phenolic OH excluding ortho intramolecular Hbond substituents is 1. The molecule has 11 nitrogen and oxygen atoms in total. The van der Waals surface area contributed by atoms with E-state index in [1.807, 2.05) is 18.2 Å². The Hall–Kier alpha value is -5.36. The molecule has 2 aliphatic carbocycles. The van der Waals surface area contributed by atoms with Crippen LogP contribution in [-0.4, -0.2) is 70.6 Å². The van der Waals surface area contributed by atoms with Gasteiger partial charge in [0.05, 0.1) is 47.6 Å². The highest BCUT2D eigenvalue weighted by Crippen LogP contribution is 2.65. The Kier molecular flexibility index (Phi) is 10.0. The lowest BCUT2D eigenvalue weighted by Crippen LogP contribution is -2.53. The molecule has 2 aliphatic heterocycles. The van der Waals surface area contributed by atoms with Gasteiger partial charge in [0.25, 0.3) is 11.8 Å². The highest BCUT2D eigenvalue weighted by Gasteiger charge is 2.70. The predicted molar refractivity (Wildman–Crippen MR) is 208 cm³/mol. The molecule has 0 unspecified atom stereocenters. The molecule has 4 aliphatic rings. The third-order valence-electron chi connectivity index (χ3n) is 11.8. The Morgan fingerprint density at radius 2 is 1.64 bits per heavy atom. The molecule has 13 heteroatoms. The van der Waals surface area contributed by atoms with Gasteiger partial charge in [0, 0.05) is 23.0 Å². The molecular formula is C43H39Cl2N3O8. The van der Waals surface area contributed by atoms with Crippen molar-refractivity contribution >= 4 is 52.5 Å². The topological polar surface area (TPSA) is 146 Å². The van der Waals surface area contributed by atoms with Crippen LogP contribution >= 0.6 is 23.2 Å². The normalized spacial score (nSPS) is 25.4. The van der Waals surface area contributed by atoms with E-state index in [1.54, 1.807) is 79.9 Å². The maximum atomic E-state index is 15.5. The van der Waals surface area contributed by atoms with E-state index >= 15 is 9.59 Å². The van der Waals surface area contributed by atoms with Crippen LogP contribution in [0.1, 0.15) is 35.4 Å². The van der Waals surface area contributed by atoms with Crippen molar-refractivity contribution in [3.05, 3.63) is 129 Å². The Bertz CT molecular complexity index is 2250. The third-order valence-corrected chi connectivity index (χ3v) is 12.4. The molecule has 0 radical (unpaired) electrons. The number of likely N-dealkylation sites (tertiary alicyclic amines) is 1. The number of aromatic hydroxyl groups is 1. The first-order chi connectivity index (χ1) is 27.1. The lowest BCUT2D eigenvalue weighted by Gasteiger charge is -2.50. The van der Waals surface area contributed by atoms with Gasteiger partial charge in [-0.15, -0.1) is 0 Å². The number of hydrazine groups is 1. The van der Waals surface area contributed by atoms with E-state index in [0.29, 0.717) is 39.8 Å². The summed E-state index contributed by atoms with van der Waals surface area (Å²) in [5.41, 5.74) is 4.53. The molecule has 0 aromatic heterocycles. The number of nitrogens with zero attached hydrogens (tertiary/aromatic N) is 2. The second kappa shape index (κ2) is 14.9. The standard InChI is InChI=1S/C43H39Cl2N3O8/c1-55-28-13-8-25(9-14-28)43-33(40(52)48(42(43)54)46-35-17-10-26(44)22-34(35)45)23-32-29(38(43)30-4-2-3-5-36(30)56-21-20-49)15-16-31-37(32)41(53)47(39(31)51)19-18-24-6-11-27(50)12-7-24/h2-15,17,22,31-33,37-38,46,49-50H,16,18-21,23H2,1H3/t31-,32+,33-,37-,38+,43+/m0/s1. The van der Waals surface area contributed by atoms with Crippen LogP contribution in [0, 0.1) is 23.7 Å². The number of benzene rings is 4. The van der Waals surface area contributed by atoms with Crippen LogP contribution in [0.25, 0.3) is 0 Å². The molecular weight excluding hydrogens is 757 g/mol. The number of aliphatic hydroxyl groups excluding tert-OH is 1. The van der Waals surface area contributed by atoms with Gasteiger partial charge in [-0.25, -0.2) is 0 Å². The fourth-order valence-corrected chi connectivity index (χ4v) is 9.83. The summed E-state index contributed by atoms with van der Waals surface area (Å²) in [5, 5.41) is 21.1. The number of para-hydroxylation sites is 1. The van der Waals surface area contributed by atoms with Crippen LogP contribution in [0.5, 0.6) is 17.2 Å². The van der Waals surface area contributed by atoms with Crippen LogP contribution in [0.3, 0.4) is 0 Å². The van der Waals surface area contributed by atoms with Crippen LogP contribution in [0.15, 0.2) is 103 Å². The van der Waals surface area contributed by atoms with Crippen LogP contribution in [-0.2, 0) is 31.0 Å². The SMILES string of the molecule is COc1ccc([C@@]23C(=O)N(Nc4ccc(Cl)cc4Cl)C(=O)[C@@H]2C[C@@H]2C(=CC[C@@H]4C(=O)N(CCc5ccc(O)cc5)C(=O)[C@@H]42)[C@@H]3c2ccccc2OCCO)cc1. The number of aliphatic hydroxyl groups is 1. The number of anilines is 1. The number of phenols is 1. The number of fused-ring (bicyclic) bond motifs is 4. The minimum Gasteiger partial charge on any atom is -0.508 e. The number of amides is 4. The van der Waals surface area contributed by atoms with E-state index in [0.717, 1.165) is 16.1 Å². The molecule has 4 aromatic rings. The first-order valence-corrected chi connectivity index (χ1v) is 19.2. The van der Waals surface area contributed by atoms with Crippen molar-refractivity contribution < 1.29 is 38.9 Å². The molecule has 56 heavy (non-hydrogen) atoms. The van der Waals surface area contributed by atoms with Crippen molar-refractivity contribution in [1.82, 2.24) is 9.91 Å². The summed E-state index contributed by atoms with van der Waals surface area (Å²) < 4.78 is 11.6. The Balaban J connectivity index is 1.28. The van der Waals surface area contributed by atoms with Crippen molar-refractivity contribution in [2.24, 2.45) is 23.7 Å². The highest BCUT2D eigenvalue weighted by atomic mass is 35.5. The van der Waals surface area contributed by atoms with Crippen LogP contribution in [0.4, 0.5) is 5.69 Å². The van der Waals surface area contributed by atoms with Gasteiger partial charge < -0.3 is 19.7 Å². The number of imide groups is 2. The maximum Gasteiger partial charge on any atom is 0.260 e. The summed E-state index contributed by atoms with van der Waals surface area (Å²) in [4.78, 5) is 60.4. The molecule has 2 saturated heterocycles. The molecule has 288 valence electrons. The smallest absolute Gasteiger partial charge is 0.260 e. The fourth-order valence-electron chi connectivity index (χ4n) is 9.38. The molecule has 0 bridgehead atoms. The van der Waals surface area contributed by atoms with Crippen molar-refractivity contribution in [2.75, 3.05) is 32.3 Å². The second-order valence-electron chi connectivity index (χ2n) is 14.6. The number of halogens is 2. The Labute approximate surface area is 333 Å². The number of hydrogen-bond donors (Lipinski definition) is 3. The summed E-state index contributed by atoms with van der Waals surface area (Å²) >= 11 is 12.8. The first kappa shape index (κ1) is 37.6. The van der Waals surface area contributed by atoms with E-state index in [1.165, 1.54) is 11.0 Å². The van der Waals surface area contributed by atoms with E-state index < -0.39 is 46.8 Å². The monoisotopic (exact) mass is 795 g/mol.